The molecule has 1 heterocycles. The number of hydrogen-bond donors (Lipinski definition) is 2. The van der Waals surface area contributed by atoms with Crippen molar-refractivity contribution in [3.63, 3.8) is 0 Å². The van der Waals surface area contributed by atoms with E-state index in [1.807, 2.05) is 23.3 Å². The maximum Gasteiger partial charge on any atom is 0.480 e. The number of halogens is 3. The third-order valence-corrected chi connectivity index (χ3v) is 11.9. The van der Waals surface area contributed by atoms with E-state index < -0.39 is 54.6 Å². The Morgan fingerprint density at radius 3 is 2.02 bits per heavy atom. The monoisotopic (exact) mass is 923 g/mol. The van der Waals surface area contributed by atoms with Crippen molar-refractivity contribution < 1.29 is 72.5 Å². The van der Waals surface area contributed by atoms with Gasteiger partial charge in [0.25, 0.3) is 0 Å². The molecule has 18 nitrogen and oxygen atoms in total. The molecule has 0 saturated heterocycles. The van der Waals surface area contributed by atoms with E-state index in [2.05, 4.69) is 27.9 Å². The van der Waals surface area contributed by atoms with E-state index in [9.17, 15) is 49.2 Å². The SMILES string of the molecule is C=CC(=O)OCCNC(=O)OCCN(CC)c1ccc2c(-c3ccccc3S(=O)(=O)[N-]S(=O)(=O)C(F)(F)F)c3ccc(=[N+](CC)CCOC(=O)NCCOC(=O)C=C)cc-3oc2c1. The van der Waals surface area contributed by atoms with Crippen molar-refractivity contribution in [2.24, 2.45) is 0 Å². The van der Waals surface area contributed by atoms with Crippen LogP contribution in [-0.2, 0) is 48.6 Å². The Balaban J connectivity index is 1.76. The molecule has 23 heteroatoms. The molecular weight excluding hydrogens is 880 g/mol. The zero-order chi connectivity index (χ0) is 46.4. The first-order chi connectivity index (χ1) is 29.8. The number of rotatable bonds is 21. The van der Waals surface area contributed by atoms with Gasteiger partial charge in [0, 0.05) is 58.6 Å². The number of ether oxygens (including phenoxy) is 4. The van der Waals surface area contributed by atoms with Crippen LogP contribution in [0.5, 0.6) is 0 Å². The first kappa shape index (κ1) is 49.2. The summed E-state index contributed by atoms with van der Waals surface area (Å²) in [5.41, 5.74) is -4.99. The number of amides is 2. The highest BCUT2D eigenvalue weighted by Gasteiger charge is 2.41. The minimum Gasteiger partial charge on any atom is -0.461 e. The molecule has 0 radical (unpaired) electrons. The minimum absolute atomic E-state index is 0.00428. The first-order valence-electron chi connectivity index (χ1n) is 19.0. The highest BCUT2D eigenvalue weighted by Crippen LogP contribution is 2.44. The Labute approximate surface area is 360 Å². The zero-order valence-corrected chi connectivity index (χ0v) is 35.6. The van der Waals surface area contributed by atoms with E-state index in [0.29, 0.717) is 24.1 Å². The number of likely N-dealkylation sites (N-methyl/N-ethyl adjacent to an activating group) is 2. The summed E-state index contributed by atoms with van der Waals surface area (Å²) >= 11 is 0. The lowest BCUT2D eigenvalue weighted by atomic mass is 9.93. The van der Waals surface area contributed by atoms with Crippen LogP contribution < -0.4 is 25.5 Å². The molecule has 1 aliphatic heterocycles. The van der Waals surface area contributed by atoms with Crippen LogP contribution in [0.25, 0.3) is 37.5 Å². The number of nitrogens with zero attached hydrogens (tertiary/aromatic N) is 3. The third-order valence-electron chi connectivity index (χ3n) is 8.86. The van der Waals surface area contributed by atoms with E-state index in [1.54, 1.807) is 36.4 Å². The van der Waals surface area contributed by atoms with E-state index in [1.165, 1.54) is 18.2 Å². The number of alkyl halides is 3. The van der Waals surface area contributed by atoms with Crippen LogP contribution in [0.2, 0.25) is 0 Å². The lowest BCUT2D eigenvalue weighted by molar-refractivity contribution is -0.138. The lowest BCUT2D eigenvalue weighted by Crippen LogP contribution is -2.35. The lowest BCUT2D eigenvalue weighted by Gasteiger charge is -2.25. The van der Waals surface area contributed by atoms with Crippen molar-refractivity contribution in [2.45, 2.75) is 24.3 Å². The Morgan fingerprint density at radius 1 is 0.810 bits per heavy atom. The Bertz CT molecular complexity index is 2600. The quantitative estimate of drug-likeness (QED) is 0.0290. The zero-order valence-electron chi connectivity index (χ0n) is 34.0. The maximum atomic E-state index is 13.4. The smallest absolute Gasteiger partial charge is 0.461 e. The topological polar surface area (TPSA) is 231 Å². The number of benzene rings is 3. The molecule has 0 fully saturated rings. The van der Waals surface area contributed by atoms with Crippen molar-refractivity contribution in [3.8, 4) is 22.5 Å². The van der Waals surface area contributed by atoms with E-state index >= 15 is 0 Å². The number of anilines is 1. The number of esters is 2. The van der Waals surface area contributed by atoms with Crippen LogP contribution in [0.3, 0.4) is 0 Å². The van der Waals surface area contributed by atoms with Gasteiger partial charge in [0.05, 0.1) is 30.6 Å². The summed E-state index contributed by atoms with van der Waals surface area (Å²) in [7, 11) is -12.0. The van der Waals surface area contributed by atoms with Crippen molar-refractivity contribution in [1.29, 1.82) is 0 Å². The van der Waals surface area contributed by atoms with Crippen molar-refractivity contribution >= 4 is 60.8 Å². The molecule has 2 aromatic rings. The summed E-state index contributed by atoms with van der Waals surface area (Å²) in [6, 6.07) is 14.6. The molecule has 1 aliphatic carbocycles. The fourth-order valence-corrected chi connectivity index (χ4v) is 8.32. The Hall–Kier alpha value is -6.46. The van der Waals surface area contributed by atoms with E-state index in [-0.39, 0.29) is 86.0 Å². The summed E-state index contributed by atoms with van der Waals surface area (Å²) < 4.78 is 122. The van der Waals surface area contributed by atoms with Gasteiger partial charge in [-0.05, 0) is 38.1 Å². The molecule has 2 aromatic carbocycles. The van der Waals surface area contributed by atoms with Gasteiger partial charge in [-0.15, -0.1) is 0 Å². The largest absolute Gasteiger partial charge is 0.480 e. The number of nitrogens with one attached hydrogen (secondary N) is 2. The molecule has 2 N–H and O–H groups in total. The van der Waals surface area contributed by atoms with Gasteiger partial charge in [0.15, 0.2) is 23.2 Å². The average Bonchev–Trinajstić information content (AvgIpc) is 3.24. The molecule has 0 bridgehead atoms. The van der Waals surface area contributed by atoms with E-state index in [4.69, 9.17) is 23.4 Å². The standard InChI is InChI=1S/C40H44F3N5O13S2/c1-5-35(49)57-21-17-44-38(51)59-23-19-47(7-3)27-13-15-29-32(25-27)61-33-26-28(48(8-4)20-24-60-39(52)45-18-22-58-36(50)6-2)14-16-30(33)37(29)31-11-9-10-12-34(31)62(53,54)46-63(55,56)40(41,42)43/h5-6,9-16,25-26H,1-2,7-8,17-24H2,3-4H3,(H,44,51)(H,45,52). The van der Waals surface area contributed by atoms with Crippen molar-refractivity contribution in [2.75, 3.05) is 70.6 Å². The molecule has 0 saturated carbocycles. The molecule has 2 aliphatic rings. The molecule has 0 spiro atoms. The second-order valence-electron chi connectivity index (χ2n) is 12.8. The highest BCUT2D eigenvalue weighted by molar-refractivity contribution is 8.12. The predicted octanol–water partition coefficient (Wildman–Crippen LogP) is 4.65. The number of sulfonamides is 2. The number of carbonyl (C=O) groups excluding carboxylic acids is 4. The molecular formula is C40H44F3N5O13S2. The fourth-order valence-electron chi connectivity index (χ4n) is 5.93. The number of hydrogen-bond acceptors (Lipinski definition) is 14. The molecule has 0 atom stereocenters. The molecule has 2 amide bonds. The van der Waals surface area contributed by atoms with Crippen LogP contribution in [0, 0.1) is 0 Å². The van der Waals surface area contributed by atoms with Crippen molar-refractivity contribution in [1.82, 2.24) is 15.2 Å². The maximum absolute atomic E-state index is 13.4. The summed E-state index contributed by atoms with van der Waals surface area (Å²) in [5, 5.41) is 5.75. The van der Waals surface area contributed by atoms with E-state index in [0.717, 1.165) is 18.2 Å². The van der Waals surface area contributed by atoms with Gasteiger partial charge < -0.3 is 43.0 Å². The second kappa shape index (κ2) is 22.1. The fraction of sp³-hybridized carbons (Fsp3) is 0.325. The molecule has 340 valence electrons. The van der Waals surface area contributed by atoms with Crippen LogP contribution >= 0.6 is 0 Å². The molecule has 63 heavy (non-hydrogen) atoms. The van der Waals surface area contributed by atoms with Crippen LogP contribution in [0.1, 0.15) is 13.8 Å². The Kier molecular flexibility index (Phi) is 17.2. The van der Waals surface area contributed by atoms with Crippen LogP contribution in [0.4, 0.5) is 28.4 Å². The summed E-state index contributed by atoms with van der Waals surface area (Å²) in [5.74, 6) is -1.13. The second-order valence-corrected chi connectivity index (χ2v) is 16.2. The molecule has 0 aromatic heterocycles. The van der Waals surface area contributed by atoms with Gasteiger partial charge in [0.1, 0.15) is 47.7 Å². The molecule has 0 unspecified atom stereocenters. The van der Waals surface area contributed by atoms with Gasteiger partial charge in [0.2, 0.25) is 5.36 Å². The summed E-state index contributed by atoms with van der Waals surface area (Å²) in [6.45, 7) is 11.1. The van der Waals surface area contributed by atoms with Gasteiger partial charge in [-0.2, -0.15) is 13.2 Å². The predicted molar refractivity (Wildman–Crippen MR) is 223 cm³/mol. The van der Waals surface area contributed by atoms with Gasteiger partial charge >= 0.3 is 29.6 Å². The number of carbonyl (C=O) groups is 4. The normalized spacial score (nSPS) is 12.2. The minimum atomic E-state index is -6.48. The summed E-state index contributed by atoms with van der Waals surface area (Å²) in [6.07, 6.45) is 0.447. The summed E-state index contributed by atoms with van der Waals surface area (Å²) in [4.78, 5) is 47.8. The average molecular weight is 924 g/mol. The molecule has 4 rings (SSSR count). The number of alkyl carbamates (subject to hydrolysis) is 2. The first-order valence-corrected chi connectivity index (χ1v) is 21.9. The van der Waals surface area contributed by atoms with Crippen LogP contribution in [0.15, 0.2) is 95.3 Å². The Morgan fingerprint density at radius 2 is 1.43 bits per heavy atom. The van der Waals surface area contributed by atoms with Crippen LogP contribution in [-0.4, -0.2) is 112 Å². The third kappa shape index (κ3) is 13.3. The highest BCUT2D eigenvalue weighted by atomic mass is 32.3. The number of fused-ring (bicyclic) bond motifs is 2. The van der Waals surface area contributed by atoms with Gasteiger partial charge in [-0.25, -0.2) is 40.6 Å². The van der Waals surface area contributed by atoms with Crippen molar-refractivity contribution in [3.05, 3.63) is 95.5 Å². The van der Waals surface area contributed by atoms with Gasteiger partial charge in [-0.1, -0.05) is 31.4 Å². The van der Waals surface area contributed by atoms with Gasteiger partial charge in [-0.3, -0.25) is 0 Å².